The van der Waals surface area contributed by atoms with Crippen LogP contribution in [0.3, 0.4) is 0 Å². The van der Waals surface area contributed by atoms with Gasteiger partial charge in [0, 0.05) is 6.20 Å². The molecule has 96 valence electrons. The zero-order valence-corrected chi connectivity index (χ0v) is 11.3. The van der Waals surface area contributed by atoms with Gasteiger partial charge in [-0.3, -0.25) is 0 Å². The Morgan fingerprint density at radius 2 is 2.06 bits per heavy atom. The molecule has 18 heavy (non-hydrogen) atoms. The summed E-state index contributed by atoms with van der Waals surface area (Å²) in [5.41, 5.74) is 1.84. The van der Waals surface area contributed by atoms with E-state index in [9.17, 15) is 5.11 Å². The topological polar surface area (TPSA) is 38.1 Å². The van der Waals surface area contributed by atoms with E-state index in [-0.39, 0.29) is 0 Å². The first kappa shape index (κ1) is 13.2. The van der Waals surface area contributed by atoms with Crippen molar-refractivity contribution in [2.24, 2.45) is 0 Å². The summed E-state index contributed by atoms with van der Waals surface area (Å²) in [6.07, 6.45) is 2.04. The minimum absolute atomic E-state index is 0.452. The molecule has 1 unspecified atom stereocenters. The lowest BCUT2D eigenvalue weighted by atomic mass is 10.2. The summed E-state index contributed by atoms with van der Waals surface area (Å²) in [6.45, 7) is 2.13. The third kappa shape index (κ3) is 3.15. The van der Waals surface area contributed by atoms with Crippen LogP contribution >= 0.6 is 11.8 Å². The van der Waals surface area contributed by atoms with E-state index < -0.39 is 6.10 Å². The summed E-state index contributed by atoms with van der Waals surface area (Å²) in [6, 6.07) is 11.8. The Balaban J connectivity index is 2.12. The number of aliphatic hydroxyl groups excluding tert-OH is 1. The molecule has 1 heterocycles. The molecule has 0 bridgehead atoms. The molecule has 0 aliphatic rings. The van der Waals surface area contributed by atoms with Crippen LogP contribution in [-0.2, 0) is 0 Å². The molecule has 0 radical (unpaired) electrons. The third-order valence-corrected chi connectivity index (χ3v) is 3.69. The van der Waals surface area contributed by atoms with Gasteiger partial charge in [0.2, 0.25) is 0 Å². The molecule has 4 heteroatoms. The number of thioether (sulfide) groups is 1. The molecule has 0 aliphatic carbocycles. The first-order chi connectivity index (χ1) is 8.83. The van der Waals surface area contributed by atoms with E-state index in [1.807, 2.05) is 48.2 Å². The number of hydrogen-bond acceptors (Lipinski definition) is 3. The molecule has 0 amide bonds. The van der Waals surface area contributed by atoms with Gasteiger partial charge in [-0.2, -0.15) is 16.9 Å². The smallest absolute Gasteiger partial charge is 0.0969 e. The largest absolute Gasteiger partial charge is 0.387 e. The SMILES string of the molecule is CCSCCC(O)c1ccnn1-c1ccccc1. The van der Waals surface area contributed by atoms with Crippen LogP contribution in [0.2, 0.25) is 0 Å². The number of nitrogens with zero attached hydrogens (tertiary/aromatic N) is 2. The van der Waals surface area contributed by atoms with E-state index in [2.05, 4.69) is 12.0 Å². The van der Waals surface area contributed by atoms with E-state index in [0.717, 1.165) is 29.3 Å². The minimum atomic E-state index is -0.452. The van der Waals surface area contributed by atoms with Crippen molar-refractivity contribution in [3.8, 4) is 5.69 Å². The van der Waals surface area contributed by atoms with Crippen LogP contribution in [0.4, 0.5) is 0 Å². The Labute approximate surface area is 112 Å². The molecule has 2 aromatic rings. The van der Waals surface area contributed by atoms with Crippen LogP contribution in [0, 0.1) is 0 Å². The van der Waals surface area contributed by atoms with Gasteiger partial charge in [-0.1, -0.05) is 25.1 Å². The maximum absolute atomic E-state index is 10.2. The zero-order valence-electron chi connectivity index (χ0n) is 10.5. The second kappa shape index (κ2) is 6.61. The molecule has 3 nitrogen and oxygen atoms in total. The van der Waals surface area contributed by atoms with Gasteiger partial charge in [0.15, 0.2) is 0 Å². The second-order valence-electron chi connectivity index (χ2n) is 4.00. The van der Waals surface area contributed by atoms with Gasteiger partial charge in [0.25, 0.3) is 0 Å². The van der Waals surface area contributed by atoms with E-state index >= 15 is 0 Å². The minimum Gasteiger partial charge on any atom is -0.387 e. The van der Waals surface area contributed by atoms with Gasteiger partial charge in [0.1, 0.15) is 0 Å². The summed E-state index contributed by atoms with van der Waals surface area (Å²) in [4.78, 5) is 0. The van der Waals surface area contributed by atoms with Crippen molar-refractivity contribution in [3.05, 3.63) is 48.3 Å². The molecule has 1 N–H and O–H groups in total. The predicted molar refractivity (Wildman–Crippen MR) is 76.1 cm³/mol. The van der Waals surface area contributed by atoms with E-state index in [1.165, 1.54) is 0 Å². The molecular weight excluding hydrogens is 244 g/mol. The second-order valence-corrected chi connectivity index (χ2v) is 5.40. The Morgan fingerprint density at radius 1 is 1.28 bits per heavy atom. The molecule has 0 fully saturated rings. The molecule has 0 spiro atoms. The Kier molecular flexibility index (Phi) is 4.84. The zero-order chi connectivity index (χ0) is 12.8. The normalized spacial score (nSPS) is 12.6. The summed E-state index contributed by atoms with van der Waals surface area (Å²) in [5, 5.41) is 14.5. The lowest BCUT2D eigenvalue weighted by molar-refractivity contribution is 0.167. The predicted octanol–water partition coefficient (Wildman–Crippen LogP) is 3.05. The van der Waals surface area contributed by atoms with Crippen LogP contribution in [0.5, 0.6) is 0 Å². The molecule has 1 atom stereocenters. The maximum Gasteiger partial charge on any atom is 0.0969 e. The Bertz CT molecular complexity index is 470. The van der Waals surface area contributed by atoms with Gasteiger partial charge < -0.3 is 5.11 Å². The van der Waals surface area contributed by atoms with Gasteiger partial charge in [-0.25, -0.2) is 4.68 Å². The fourth-order valence-corrected chi connectivity index (χ4v) is 2.52. The third-order valence-electron chi connectivity index (χ3n) is 2.75. The van der Waals surface area contributed by atoms with Crippen molar-refractivity contribution in [1.29, 1.82) is 0 Å². The number of benzene rings is 1. The summed E-state index contributed by atoms with van der Waals surface area (Å²) >= 11 is 1.85. The summed E-state index contributed by atoms with van der Waals surface area (Å²) < 4.78 is 1.81. The van der Waals surface area contributed by atoms with Gasteiger partial charge >= 0.3 is 0 Å². The Morgan fingerprint density at radius 3 is 2.78 bits per heavy atom. The fourth-order valence-electron chi connectivity index (χ4n) is 1.84. The first-order valence-corrected chi connectivity index (χ1v) is 7.33. The highest BCUT2D eigenvalue weighted by Gasteiger charge is 2.13. The van der Waals surface area contributed by atoms with Crippen LogP contribution in [-0.4, -0.2) is 26.4 Å². The number of aliphatic hydroxyl groups is 1. The Hall–Kier alpha value is -1.26. The molecule has 0 saturated carbocycles. The molecule has 0 aliphatic heterocycles. The lowest BCUT2D eigenvalue weighted by Gasteiger charge is -2.13. The van der Waals surface area contributed by atoms with Crippen LogP contribution in [0.1, 0.15) is 25.1 Å². The average Bonchev–Trinajstić information content (AvgIpc) is 2.89. The highest BCUT2D eigenvalue weighted by Crippen LogP contribution is 2.21. The molecular formula is C14H18N2OS. The molecule has 1 aromatic heterocycles. The van der Waals surface area contributed by atoms with Crippen molar-refractivity contribution in [1.82, 2.24) is 9.78 Å². The van der Waals surface area contributed by atoms with E-state index in [0.29, 0.717) is 0 Å². The quantitative estimate of drug-likeness (QED) is 0.813. The standard InChI is InChI=1S/C14H18N2OS/c1-2-18-11-9-14(17)13-8-10-15-16(13)12-6-4-3-5-7-12/h3-8,10,14,17H,2,9,11H2,1H3. The van der Waals surface area contributed by atoms with Crippen LogP contribution in [0.15, 0.2) is 42.6 Å². The van der Waals surface area contributed by atoms with E-state index in [4.69, 9.17) is 0 Å². The van der Waals surface area contributed by atoms with Crippen LogP contribution in [0.25, 0.3) is 5.69 Å². The number of rotatable bonds is 6. The maximum atomic E-state index is 10.2. The monoisotopic (exact) mass is 262 g/mol. The number of aromatic nitrogens is 2. The number of para-hydroxylation sites is 1. The van der Waals surface area contributed by atoms with Crippen LogP contribution < -0.4 is 0 Å². The van der Waals surface area contributed by atoms with Crippen molar-refractivity contribution < 1.29 is 5.11 Å². The molecule has 0 saturated heterocycles. The highest BCUT2D eigenvalue weighted by atomic mass is 32.2. The number of hydrogen-bond donors (Lipinski definition) is 1. The van der Waals surface area contributed by atoms with Crippen molar-refractivity contribution in [2.45, 2.75) is 19.4 Å². The average molecular weight is 262 g/mol. The molecule has 1 aromatic carbocycles. The van der Waals surface area contributed by atoms with Crippen molar-refractivity contribution >= 4 is 11.8 Å². The summed E-state index contributed by atoms with van der Waals surface area (Å²) in [5.74, 6) is 2.06. The van der Waals surface area contributed by atoms with E-state index in [1.54, 1.807) is 10.9 Å². The van der Waals surface area contributed by atoms with Crippen molar-refractivity contribution in [2.75, 3.05) is 11.5 Å². The van der Waals surface area contributed by atoms with Crippen molar-refractivity contribution in [3.63, 3.8) is 0 Å². The van der Waals surface area contributed by atoms with Gasteiger partial charge in [0.05, 0.1) is 17.5 Å². The lowest BCUT2D eigenvalue weighted by Crippen LogP contribution is -2.08. The highest BCUT2D eigenvalue weighted by molar-refractivity contribution is 7.99. The molecule has 2 rings (SSSR count). The van der Waals surface area contributed by atoms with Gasteiger partial charge in [-0.05, 0) is 36.1 Å². The fraction of sp³-hybridized carbons (Fsp3) is 0.357. The van der Waals surface area contributed by atoms with Gasteiger partial charge in [-0.15, -0.1) is 0 Å². The summed E-state index contributed by atoms with van der Waals surface area (Å²) in [7, 11) is 0. The first-order valence-electron chi connectivity index (χ1n) is 6.18.